The summed E-state index contributed by atoms with van der Waals surface area (Å²) in [7, 11) is 0. The topological polar surface area (TPSA) is 38.7 Å². The van der Waals surface area contributed by atoms with Crippen LogP contribution in [0.5, 0.6) is 17.2 Å². The third kappa shape index (κ3) is 3.56. The number of aliphatic hydroxyl groups is 1. The lowest BCUT2D eigenvalue weighted by Gasteiger charge is -2.32. The summed E-state index contributed by atoms with van der Waals surface area (Å²) in [6.45, 7) is 0. The molecule has 1 N–H and O–H groups in total. The maximum atomic E-state index is 10.5. The molecule has 0 amide bonds. The molecule has 0 spiro atoms. The van der Waals surface area contributed by atoms with E-state index in [9.17, 15) is 5.11 Å². The van der Waals surface area contributed by atoms with Gasteiger partial charge in [-0.2, -0.15) is 0 Å². The van der Waals surface area contributed by atoms with Crippen LogP contribution in [0, 0.1) is 0 Å². The number of benzene rings is 2. The van der Waals surface area contributed by atoms with E-state index in [1.54, 1.807) is 0 Å². The van der Waals surface area contributed by atoms with E-state index in [1.807, 2.05) is 54.6 Å². The van der Waals surface area contributed by atoms with Crippen LogP contribution < -0.4 is 9.47 Å². The summed E-state index contributed by atoms with van der Waals surface area (Å²) in [5.41, 5.74) is 0. The van der Waals surface area contributed by atoms with Crippen LogP contribution in [0.2, 0.25) is 0 Å². The molecule has 0 aromatic heterocycles. The number of hydrogen-bond acceptors (Lipinski definition) is 3. The number of ether oxygens (including phenoxy) is 2. The Balaban J connectivity index is 1.79. The van der Waals surface area contributed by atoms with Gasteiger partial charge in [-0.05, 0) is 37.1 Å². The molecule has 3 heteroatoms. The maximum Gasteiger partial charge on any atom is 0.208 e. The first kappa shape index (κ1) is 14.0. The van der Waals surface area contributed by atoms with Crippen molar-refractivity contribution in [3.63, 3.8) is 0 Å². The van der Waals surface area contributed by atoms with Crippen molar-refractivity contribution in [2.24, 2.45) is 0 Å². The predicted octanol–water partition coefficient (Wildman–Crippen LogP) is 4.51. The highest BCUT2D eigenvalue weighted by Crippen LogP contribution is 2.37. The average molecular weight is 284 g/mol. The second kappa shape index (κ2) is 6.19. The molecule has 1 saturated carbocycles. The van der Waals surface area contributed by atoms with E-state index in [1.165, 1.54) is 0 Å². The number of hydrogen-bond donors (Lipinski definition) is 1. The van der Waals surface area contributed by atoms with Gasteiger partial charge in [-0.3, -0.25) is 0 Å². The first-order valence-corrected chi connectivity index (χ1v) is 7.49. The van der Waals surface area contributed by atoms with Gasteiger partial charge in [0, 0.05) is 12.8 Å². The molecule has 0 heterocycles. The molecular weight excluding hydrogens is 264 g/mol. The smallest absolute Gasteiger partial charge is 0.208 e. The molecule has 0 radical (unpaired) electrons. The SMILES string of the molecule is OC1(Oc2ccccc2Oc2ccccc2)CCCCC1. The van der Waals surface area contributed by atoms with Gasteiger partial charge in [-0.25, -0.2) is 0 Å². The van der Waals surface area contributed by atoms with Crippen LogP contribution in [0.3, 0.4) is 0 Å². The molecule has 0 aliphatic heterocycles. The van der Waals surface area contributed by atoms with E-state index in [4.69, 9.17) is 9.47 Å². The molecule has 110 valence electrons. The summed E-state index contributed by atoms with van der Waals surface area (Å²) in [4.78, 5) is 0. The number of para-hydroxylation sites is 3. The summed E-state index contributed by atoms with van der Waals surface area (Å²) < 4.78 is 11.7. The first-order valence-electron chi connectivity index (χ1n) is 7.49. The number of rotatable bonds is 4. The molecule has 0 bridgehead atoms. The van der Waals surface area contributed by atoms with E-state index in [-0.39, 0.29) is 0 Å². The van der Waals surface area contributed by atoms with Crippen molar-refractivity contribution in [2.75, 3.05) is 0 Å². The molecular formula is C18H20O3. The fourth-order valence-electron chi connectivity index (χ4n) is 2.65. The highest BCUT2D eigenvalue weighted by molar-refractivity contribution is 5.43. The molecule has 2 aromatic carbocycles. The fourth-order valence-corrected chi connectivity index (χ4v) is 2.65. The Morgan fingerprint density at radius 2 is 1.38 bits per heavy atom. The Hall–Kier alpha value is -2.00. The summed E-state index contributed by atoms with van der Waals surface area (Å²) in [5, 5.41) is 10.5. The third-order valence-corrected chi connectivity index (χ3v) is 3.75. The van der Waals surface area contributed by atoms with E-state index in [0.717, 1.165) is 25.0 Å². The summed E-state index contributed by atoms with van der Waals surface area (Å²) >= 11 is 0. The Morgan fingerprint density at radius 1 is 0.762 bits per heavy atom. The van der Waals surface area contributed by atoms with Crippen LogP contribution in [0.4, 0.5) is 0 Å². The van der Waals surface area contributed by atoms with Crippen molar-refractivity contribution in [1.82, 2.24) is 0 Å². The van der Waals surface area contributed by atoms with Gasteiger partial charge in [-0.1, -0.05) is 36.8 Å². The van der Waals surface area contributed by atoms with Crippen molar-refractivity contribution in [1.29, 1.82) is 0 Å². The quantitative estimate of drug-likeness (QED) is 0.839. The predicted molar refractivity (Wildman–Crippen MR) is 81.6 cm³/mol. The zero-order valence-corrected chi connectivity index (χ0v) is 12.0. The minimum atomic E-state index is -1.06. The minimum Gasteiger partial charge on any atom is -0.459 e. The van der Waals surface area contributed by atoms with E-state index >= 15 is 0 Å². The van der Waals surface area contributed by atoms with Gasteiger partial charge in [0.05, 0.1) is 0 Å². The molecule has 1 fully saturated rings. The van der Waals surface area contributed by atoms with Gasteiger partial charge in [0.1, 0.15) is 5.75 Å². The van der Waals surface area contributed by atoms with Gasteiger partial charge >= 0.3 is 0 Å². The average Bonchev–Trinajstić information content (AvgIpc) is 2.51. The van der Waals surface area contributed by atoms with Crippen LogP contribution in [0.1, 0.15) is 32.1 Å². The van der Waals surface area contributed by atoms with Gasteiger partial charge in [0.2, 0.25) is 5.79 Å². The van der Waals surface area contributed by atoms with E-state index in [0.29, 0.717) is 24.3 Å². The van der Waals surface area contributed by atoms with Gasteiger partial charge in [0.15, 0.2) is 11.5 Å². The van der Waals surface area contributed by atoms with Crippen molar-refractivity contribution in [3.8, 4) is 17.2 Å². The van der Waals surface area contributed by atoms with E-state index < -0.39 is 5.79 Å². The van der Waals surface area contributed by atoms with Crippen molar-refractivity contribution < 1.29 is 14.6 Å². The fraction of sp³-hybridized carbons (Fsp3) is 0.333. The van der Waals surface area contributed by atoms with Crippen molar-refractivity contribution in [3.05, 3.63) is 54.6 Å². The van der Waals surface area contributed by atoms with E-state index in [2.05, 4.69) is 0 Å². The Labute approximate surface area is 125 Å². The van der Waals surface area contributed by atoms with Crippen molar-refractivity contribution in [2.45, 2.75) is 37.9 Å². The van der Waals surface area contributed by atoms with Crippen molar-refractivity contribution >= 4 is 0 Å². The Kier molecular flexibility index (Phi) is 4.11. The lowest BCUT2D eigenvalue weighted by Crippen LogP contribution is -2.37. The standard InChI is InChI=1S/C18H20O3/c19-18(13-7-2-8-14-18)21-17-12-6-5-11-16(17)20-15-9-3-1-4-10-15/h1,3-6,9-12,19H,2,7-8,13-14H2. The molecule has 3 rings (SSSR count). The molecule has 2 aromatic rings. The minimum absolute atomic E-state index is 0.589. The highest BCUT2D eigenvalue weighted by Gasteiger charge is 2.32. The molecule has 0 atom stereocenters. The molecule has 3 nitrogen and oxygen atoms in total. The van der Waals surface area contributed by atoms with Gasteiger partial charge in [-0.15, -0.1) is 0 Å². The zero-order chi connectivity index (χ0) is 14.5. The second-order valence-corrected chi connectivity index (χ2v) is 5.47. The highest BCUT2D eigenvalue weighted by atomic mass is 16.6. The Bertz CT molecular complexity index is 574. The lowest BCUT2D eigenvalue weighted by molar-refractivity contribution is -0.159. The largest absolute Gasteiger partial charge is 0.459 e. The van der Waals surface area contributed by atoms with Crippen LogP contribution in [0.15, 0.2) is 54.6 Å². The third-order valence-electron chi connectivity index (χ3n) is 3.75. The normalized spacial score (nSPS) is 17.2. The molecule has 1 aliphatic carbocycles. The molecule has 21 heavy (non-hydrogen) atoms. The second-order valence-electron chi connectivity index (χ2n) is 5.47. The monoisotopic (exact) mass is 284 g/mol. The first-order chi connectivity index (χ1) is 10.3. The molecule has 0 unspecified atom stereocenters. The summed E-state index contributed by atoms with van der Waals surface area (Å²) in [6, 6.07) is 17.1. The summed E-state index contributed by atoms with van der Waals surface area (Å²) in [6.07, 6.45) is 4.50. The van der Waals surface area contributed by atoms with Gasteiger partial charge in [0.25, 0.3) is 0 Å². The molecule has 1 aliphatic rings. The zero-order valence-electron chi connectivity index (χ0n) is 12.0. The van der Waals surface area contributed by atoms with Crippen LogP contribution >= 0.6 is 0 Å². The summed E-state index contributed by atoms with van der Waals surface area (Å²) in [5.74, 6) is 0.909. The maximum absolute atomic E-state index is 10.5. The lowest BCUT2D eigenvalue weighted by atomic mass is 9.94. The Morgan fingerprint density at radius 3 is 2.10 bits per heavy atom. The molecule has 0 saturated heterocycles. The van der Waals surface area contributed by atoms with Crippen LogP contribution in [-0.4, -0.2) is 10.9 Å². The van der Waals surface area contributed by atoms with Crippen LogP contribution in [0.25, 0.3) is 0 Å². The van der Waals surface area contributed by atoms with Crippen LogP contribution in [-0.2, 0) is 0 Å². The van der Waals surface area contributed by atoms with Gasteiger partial charge < -0.3 is 14.6 Å².